The minimum Gasteiger partial charge on any atom is -0.390 e. The quantitative estimate of drug-likeness (QED) is 0.478. The van der Waals surface area contributed by atoms with E-state index in [0.29, 0.717) is 12.1 Å². The van der Waals surface area contributed by atoms with Gasteiger partial charge in [0, 0.05) is 30.6 Å². The van der Waals surface area contributed by atoms with Crippen molar-refractivity contribution in [2.24, 2.45) is 5.41 Å². The fourth-order valence-electron chi connectivity index (χ4n) is 3.57. The molecule has 0 aliphatic carbocycles. The van der Waals surface area contributed by atoms with E-state index < -0.39 is 23.8 Å². The summed E-state index contributed by atoms with van der Waals surface area (Å²) in [6, 6.07) is 8.79. The number of hydrogen-bond acceptors (Lipinski definition) is 3. The number of amides is 1. The maximum atomic E-state index is 13.5. The largest absolute Gasteiger partial charge is 0.390 e. The highest BCUT2D eigenvalue weighted by Gasteiger charge is 2.21. The van der Waals surface area contributed by atoms with Gasteiger partial charge in [0.05, 0.1) is 12.1 Å². The van der Waals surface area contributed by atoms with Crippen molar-refractivity contribution in [3.63, 3.8) is 0 Å². The molecule has 2 atom stereocenters. The molecular weight excluding hydrogens is 466 g/mol. The van der Waals surface area contributed by atoms with E-state index in [1.165, 1.54) is 24.6 Å². The smallest absolute Gasteiger partial charge is 0.217 e. The second-order valence-corrected chi connectivity index (χ2v) is 10.1. The summed E-state index contributed by atoms with van der Waals surface area (Å²) in [6.45, 7) is 8.66. The van der Waals surface area contributed by atoms with E-state index in [0.717, 1.165) is 22.5 Å². The minimum absolute atomic E-state index is 0.115. The molecular formula is C24H31BrF2N2O2. The van der Waals surface area contributed by atoms with Crippen LogP contribution in [0.3, 0.4) is 0 Å². The third-order valence-electron chi connectivity index (χ3n) is 4.67. The van der Waals surface area contributed by atoms with Crippen molar-refractivity contribution in [3.05, 3.63) is 69.2 Å². The van der Waals surface area contributed by atoms with Crippen molar-refractivity contribution < 1.29 is 18.7 Å². The summed E-state index contributed by atoms with van der Waals surface area (Å²) in [4.78, 5) is 11.6. The topological polar surface area (TPSA) is 61.4 Å². The van der Waals surface area contributed by atoms with Crippen LogP contribution in [-0.2, 0) is 24.2 Å². The molecule has 4 nitrogen and oxygen atoms in total. The third-order valence-corrected chi connectivity index (χ3v) is 5.12. The van der Waals surface area contributed by atoms with E-state index in [4.69, 9.17) is 0 Å². The van der Waals surface area contributed by atoms with E-state index in [9.17, 15) is 18.7 Å². The molecule has 170 valence electrons. The molecule has 0 heterocycles. The molecule has 0 fully saturated rings. The molecule has 0 aromatic heterocycles. The summed E-state index contributed by atoms with van der Waals surface area (Å²) in [6.07, 6.45) is 0.122. The van der Waals surface area contributed by atoms with Crippen molar-refractivity contribution in [3.8, 4) is 0 Å². The van der Waals surface area contributed by atoms with Crippen molar-refractivity contribution in [2.75, 3.05) is 6.54 Å². The SMILES string of the molecule is CC(=O)N[C@@H](Cc1cc(F)cc(F)c1)[C@H](O)CNCc1cc(Br)cc(CC(C)(C)C)c1. The molecule has 0 bridgehead atoms. The molecule has 3 N–H and O–H groups in total. The van der Waals surface area contributed by atoms with Gasteiger partial charge in [-0.1, -0.05) is 42.8 Å². The molecule has 7 heteroatoms. The second-order valence-electron chi connectivity index (χ2n) is 9.19. The van der Waals surface area contributed by atoms with Crippen molar-refractivity contribution in [1.82, 2.24) is 10.6 Å². The van der Waals surface area contributed by atoms with Crippen LogP contribution in [0, 0.1) is 17.0 Å². The number of hydrogen-bond donors (Lipinski definition) is 3. The van der Waals surface area contributed by atoms with Gasteiger partial charge in [0.25, 0.3) is 0 Å². The lowest BCUT2D eigenvalue weighted by molar-refractivity contribution is -0.120. The highest BCUT2D eigenvalue weighted by Crippen LogP contribution is 2.24. The zero-order valence-electron chi connectivity index (χ0n) is 18.4. The van der Waals surface area contributed by atoms with Crippen LogP contribution in [0.5, 0.6) is 0 Å². The van der Waals surface area contributed by atoms with Gasteiger partial charge in [0.1, 0.15) is 11.6 Å². The summed E-state index contributed by atoms with van der Waals surface area (Å²) in [5.41, 5.74) is 2.84. The van der Waals surface area contributed by atoms with Crippen molar-refractivity contribution in [2.45, 2.75) is 59.2 Å². The summed E-state index contributed by atoms with van der Waals surface area (Å²) in [5.74, 6) is -1.70. The molecule has 2 aromatic carbocycles. The number of carbonyl (C=O) groups is 1. The Labute approximate surface area is 191 Å². The lowest BCUT2D eigenvalue weighted by Crippen LogP contribution is -2.48. The van der Waals surface area contributed by atoms with Crippen molar-refractivity contribution in [1.29, 1.82) is 0 Å². The van der Waals surface area contributed by atoms with Crippen LogP contribution in [0.2, 0.25) is 0 Å². The lowest BCUT2D eigenvalue weighted by Gasteiger charge is -2.24. The first-order valence-electron chi connectivity index (χ1n) is 10.3. The van der Waals surface area contributed by atoms with Gasteiger partial charge in [-0.05, 0) is 59.2 Å². The molecule has 0 unspecified atom stereocenters. The molecule has 0 radical (unpaired) electrons. The number of aliphatic hydroxyl groups excluding tert-OH is 1. The fraction of sp³-hybridized carbons (Fsp3) is 0.458. The van der Waals surface area contributed by atoms with E-state index in [-0.39, 0.29) is 24.3 Å². The first kappa shape index (κ1) is 25.4. The van der Waals surface area contributed by atoms with Gasteiger partial charge in [-0.15, -0.1) is 0 Å². The van der Waals surface area contributed by atoms with Crippen LogP contribution < -0.4 is 10.6 Å². The average Bonchev–Trinajstić information content (AvgIpc) is 2.57. The molecule has 0 spiro atoms. The number of benzene rings is 2. The number of aliphatic hydroxyl groups is 1. The maximum Gasteiger partial charge on any atom is 0.217 e. The predicted octanol–water partition coefficient (Wildman–Crippen LogP) is 4.51. The van der Waals surface area contributed by atoms with Gasteiger partial charge in [0.2, 0.25) is 5.91 Å². The normalized spacial score (nSPS) is 13.7. The van der Waals surface area contributed by atoms with Crippen LogP contribution in [0.15, 0.2) is 40.9 Å². The van der Waals surface area contributed by atoms with Crippen molar-refractivity contribution >= 4 is 21.8 Å². The lowest BCUT2D eigenvalue weighted by atomic mass is 9.88. The first-order chi connectivity index (χ1) is 14.4. The number of nitrogens with one attached hydrogen (secondary N) is 2. The Kier molecular flexibility index (Phi) is 9.15. The number of rotatable bonds is 9. The Morgan fingerprint density at radius 2 is 1.65 bits per heavy atom. The summed E-state index contributed by atoms with van der Waals surface area (Å²) in [7, 11) is 0. The molecule has 0 saturated heterocycles. The third kappa shape index (κ3) is 9.46. The average molecular weight is 497 g/mol. The predicted molar refractivity (Wildman–Crippen MR) is 123 cm³/mol. The highest BCUT2D eigenvalue weighted by atomic mass is 79.9. The van der Waals surface area contributed by atoms with Gasteiger partial charge in [-0.3, -0.25) is 4.79 Å². The van der Waals surface area contributed by atoms with Gasteiger partial charge in [-0.25, -0.2) is 8.78 Å². The zero-order valence-corrected chi connectivity index (χ0v) is 20.0. The summed E-state index contributed by atoms with van der Waals surface area (Å²) >= 11 is 3.55. The highest BCUT2D eigenvalue weighted by molar-refractivity contribution is 9.10. The molecule has 31 heavy (non-hydrogen) atoms. The molecule has 2 rings (SSSR count). The van der Waals surface area contributed by atoms with Crippen LogP contribution in [0.1, 0.15) is 44.4 Å². The Morgan fingerprint density at radius 1 is 1.03 bits per heavy atom. The maximum absolute atomic E-state index is 13.5. The zero-order chi connectivity index (χ0) is 23.2. The van der Waals surface area contributed by atoms with E-state index in [1.807, 2.05) is 6.07 Å². The van der Waals surface area contributed by atoms with Crippen LogP contribution in [0.25, 0.3) is 0 Å². The molecule has 2 aromatic rings. The fourth-order valence-corrected chi connectivity index (χ4v) is 4.16. The Balaban J connectivity index is 2.01. The Morgan fingerprint density at radius 3 is 2.23 bits per heavy atom. The second kappa shape index (κ2) is 11.2. The standard InChI is InChI=1S/C24H31BrF2N2O2/c1-15(30)29-22(10-16-8-20(26)11-21(27)9-16)23(31)14-28-13-18-5-17(6-19(25)7-18)12-24(2,3)4/h5-9,11,22-23,28,31H,10,12-14H2,1-4H3,(H,29,30)/t22-,23+/m0/s1. The minimum atomic E-state index is -0.934. The van der Waals surface area contributed by atoms with Gasteiger partial charge in [0.15, 0.2) is 0 Å². The molecule has 1 amide bonds. The van der Waals surface area contributed by atoms with Crippen LogP contribution in [0.4, 0.5) is 8.78 Å². The number of carbonyl (C=O) groups excluding carboxylic acids is 1. The van der Waals surface area contributed by atoms with Gasteiger partial charge in [-0.2, -0.15) is 0 Å². The van der Waals surface area contributed by atoms with Gasteiger partial charge < -0.3 is 15.7 Å². The summed E-state index contributed by atoms with van der Waals surface area (Å²) in [5, 5.41) is 16.5. The Bertz CT molecular complexity index is 879. The Hall–Kier alpha value is -1.83. The number of halogens is 3. The van der Waals surface area contributed by atoms with E-state index >= 15 is 0 Å². The monoisotopic (exact) mass is 496 g/mol. The molecule has 0 saturated carbocycles. The van der Waals surface area contributed by atoms with E-state index in [2.05, 4.69) is 59.5 Å². The van der Waals surface area contributed by atoms with Crippen LogP contribution in [-0.4, -0.2) is 29.7 Å². The van der Waals surface area contributed by atoms with Crippen LogP contribution >= 0.6 is 15.9 Å². The summed E-state index contributed by atoms with van der Waals surface area (Å²) < 4.78 is 28.0. The first-order valence-corrected chi connectivity index (χ1v) is 11.1. The van der Waals surface area contributed by atoms with E-state index in [1.54, 1.807) is 0 Å². The molecule has 0 aliphatic heterocycles. The molecule has 0 aliphatic rings. The van der Waals surface area contributed by atoms with Gasteiger partial charge >= 0.3 is 0 Å².